The molecule has 3 heterocycles. The fraction of sp³-hybridized carbons (Fsp3) is 0.591. The van der Waals surface area contributed by atoms with E-state index in [-0.39, 0.29) is 12.6 Å². The molecule has 0 aromatic carbocycles. The van der Waals surface area contributed by atoms with Crippen molar-refractivity contribution in [2.45, 2.75) is 44.8 Å². The maximum absolute atomic E-state index is 9.86. The van der Waals surface area contributed by atoms with Gasteiger partial charge in [-0.3, -0.25) is 9.88 Å². The van der Waals surface area contributed by atoms with Crippen LogP contribution in [0.2, 0.25) is 0 Å². The third kappa shape index (κ3) is 4.42. The monoisotopic (exact) mass is 396 g/mol. The Morgan fingerprint density at radius 3 is 2.97 bits per heavy atom. The van der Waals surface area contributed by atoms with Gasteiger partial charge in [0.25, 0.3) is 0 Å². The van der Waals surface area contributed by atoms with Gasteiger partial charge in [0.05, 0.1) is 30.1 Å². The van der Waals surface area contributed by atoms with Gasteiger partial charge in [0.2, 0.25) is 0 Å². The van der Waals surface area contributed by atoms with Crippen LogP contribution in [0, 0.1) is 6.92 Å². The summed E-state index contributed by atoms with van der Waals surface area (Å²) in [5.41, 5.74) is 3.61. The van der Waals surface area contributed by atoms with E-state index in [1.54, 1.807) is 0 Å². The van der Waals surface area contributed by atoms with Gasteiger partial charge in [0, 0.05) is 38.4 Å². The standard InChI is InChI=1S/C22H32N6O/c1-16-24-18(12-21(25-16)28-11-10-26(2)14-19(28)15-29)13-27(3)20-8-4-6-17-7-5-9-23-22(17)20/h5,7,9,12,19-20,29H,4,6,8,10-11,13-15H2,1-3H3/t19?,20-/m0/s1. The van der Waals surface area contributed by atoms with E-state index in [9.17, 15) is 5.11 Å². The summed E-state index contributed by atoms with van der Waals surface area (Å²) in [6.45, 7) is 5.53. The Hall–Kier alpha value is -2.09. The van der Waals surface area contributed by atoms with Crippen molar-refractivity contribution in [2.75, 3.05) is 45.2 Å². The van der Waals surface area contributed by atoms with Crippen molar-refractivity contribution in [3.05, 3.63) is 47.2 Å². The molecule has 0 amide bonds. The molecule has 2 aromatic heterocycles. The Labute approximate surface area is 173 Å². The Bertz CT molecular complexity index is 844. The first kappa shape index (κ1) is 20.2. The number of likely N-dealkylation sites (N-methyl/N-ethyl adjacent to an activating group) is 1. The number of aliphatic hydroxyl groups is 1. The summed E-state index contributed by atoms with van der Waals surface area (Å²) in [5, 5.41) is 9.86. The van der Waals surface area contributed by atoms with Gasteiger partial charge >= 0.3 is 0 Å². The quantitative estimate of drug-likeness (QED) is 0.826. The number of rotatable bonds is 5. The molecule has 7 nitrogen and oxygen atoms in total. The molecule has 2 aromatic rings. The minimum Gasteiger partial charge on any atom is -0.394 e. The minimum atomic E-state index is 0.0723. The minimum absolute atomic E-state index is 0.0723. The van der Waals surface area contributed by atoms with E-state index in [4.69, 9.17) is 9.97 Å². The van der Waals surface area contributed by atoms with Crippen molar-refractivity contribution < 1.29 is 5.11 Å². The Kier molecular flexibility index (Phi) is 6.08. The zero-order chi connectivity index (χ0) is 20.4. The lowest BCUT2D eigenvalue weighted by atomic mass is 9.91. The number of fused-ring (bicyclic) bond motifs is 1. The summed E-state index contributed by atoms with van der Waals surface area (Å²) in [6, 6.07) is 6.74. The molecule has 4 rings (SSSR count). The normalized spacial score (nSPS) is 22.7. The number of hydrogen-bond donors (Lipinski definition) is 1. The van der Waals surface area contributed by atoms with Crippen LogP contribution in [0.15, 0.2) is 24.4 Å². The zero-order valence-corrected chi connectivity index (χ0v) is 17.8. The summed E-state index contributed by atoms with van der Waals surface area (Å²) >= 11 is 0. The molecule has 2 atom stereocenters. The molecule has 1 unspecified atom stereocenters. The molecule has 1 N–H and O–H groups in total. The Morgan fingerprint density at radius 1 is 1.28 bits per heavy atom. The van der Waals surface area contributed by atoms with Crippen molar-refractivity contribution in [1.29, 1.82) is 0 Å². The summed E-state index contributed by atoms with van der Waals surface area (Å²) in [6.07, 6.45) is 5.35. The van der Waals surface area contributed by atoms with E-state index >= 15 is 0 Å². The number of aryl methyl sites for hydroxylation is 2. The molecule has 1 saturated heterocycles. The lowest BCUT2D eigenvalue weighted by Gasteiger charge is -2.40. The van der Waals surface area contributed by atoms with E-state index in [1.807, 2.05) is 19.2 Å². The van der Waals surface area contributed by atoms with Crippen molar-refractivity contribution in [2.24, 2.45) is 0 Å². The SMILES string of the molecule is Cc1nc(CN(C)[C@H]2CCCc3cccnc32)cc(N2CCN(C)CC2CO)n1. The molecule has 0 spiro atoms. The van der Waals surface area contributed by atoms with Crippen molar-refractivity contribution in [3.8, 4) is 0 Å². The second kappa shape index (κ2) is 8.73. The molecular weight excluding hydrogens is 364 g/mol. The van der Waals surface area contributed by atoms with Crippen LogP contribution >= 0.6 is 0 Å². The molecule has 29 heavy (non-hydrogen) atoms. The van der Waals surface area contributed by atoms with Gasteiger partial charge in [-0.2, -0.15) is 0 Å². The maximum atomic E-state index is 9.86. The highest BCUT2D eigenvalue weighted by Gasteiger charge is 2.28. The summed E-state index contributed by atoms with van der Waals surface area (Å²) in [5.74, 6) is 1.71. The molecule has 2 aliphatic rings. The third-order valence-corrected chi connectivity index (χ3v) is 6.18. The number of nitrogens with zero attached hydrogens (tertiary/aromatic N) is 6. The van der Waals surface area contributed by atoms with E-state index in [1.165, 1.54) is 17.7 Å². The predicted molar refractivity (Wildman–Crippen MR) is 114 cm³/mol. The average molecular weight is 397 g/mol. The van der Waals surface area contributed by atoms with Gasteiger partial charge in [-0.15, -0.1) is 0 Å². The van der Waals surface area contributed by atoms with Crippen molar-refractivity contribution >= 4 is 5.82 Å². The molecule has 7 heteroatoms. The largest absolute Gasteiger partial charge is 0.394 e. The molecule has 156 valence electrons. The van der Waals surface area contributed by atoms with Crippen molar-refractivity contribution in [1.82, 2.24) is 24.8 Å². The summed E-state index contributed by atoms with van der Waals surface area (Å²) < 4.78 is 0. The van der Waals surface area contributed by atoms with Crippen LogP contribution in [-0.2, 0) is 13.0 Å². The highest BCUT2D eigenvalue weighted by Crippen LogP contribution is 2.32. The highest BCUT2D eigenvalue weighted by molar-refractivity contribution is 5.42. The number of pyridine rings is 1. The Balaban J connectivity index is 1.54. The van der Waals surface area contributed by atoms with Gasteiger partial charge in [-0.05, 0) is 51.9 Å². The molecule has 1 fully saturated rings. The topological polar surface area (TPSA) is 68.6 Å². The molecule has 1 aliphatic carbocycles. The summed E-state index contributed by atoms with van der Waals surface area (Å²) in [7, 11) is 4.26. The maximum Gasteiger partial charge on any atom is 0.132 e. The fourth-order valence-electron chi connectivity index (χ4n) is 4.69. The van der Waals surface area contributed by atoms with Crippen LogP contribution in [0.1, 0.15) is 41.7 Å². The molecular formula is C22H32N6O. The first-order valence-electron chi connectivity index (χ1n) is 10.6. The fourth-order valence-corrected chi connectivity index (χ4v) is 4.69. The van der Waals surface area contributed by atoms with Crippen LogP contribution < -0.4 is 4.90 Å². The predicted octanol–water partition coefficient (Wildman–Crippen LogP) is 1.80. The molecule has 0 bridgehead atoms. The average Bonchev–Trinajstić information content (AvgIpc) is 2.72. The highest BCUT2D eigenvalue weighted by atomic mass is 16.3. The van der Waals surface area contributed by atoms with Crippen LogP contribution in [0.25, 0.3) is 0 Å². The first-order chi connectivity index (χ1) is 14.0. The number of hydrogen-bond acceptors (Lipinski definition) is 7. The van der Waals surface area contributed by atoms with Crippen LogP contribution in [0.3, 0.4) is 0 Å². The van der Waals surface area contributed by atoms with E-state index in [2.05, 4.69) is 45.9 Å². The van der Waals surface area contributed by atoms with Crippen LogP contribution in [-0.4, -0.2) is 76.2 Å². The van der Waals surface area contributed by atoms with Gasteiger partial charge in [0.1, 0.15) is 11.6 Å². The second-order valence-electron chi connectivity index (χ2n) is 8.43. The third-order valence-electron chi connectivity index (χ3n) is 6.18. The molecule has 1 aliphatic heterocycles. The smallest absolute Gasteiger partial charge is 0.132 e. The second-order valence-corrected chi connectivity index (χ2v) is 8.43. The number of anilines is 1. The molecule has 0 saturated carbocycles. The van der Waals surface area contributed by atoms with E-state index in [0.717, 1.165) is 56.4 Å². The summed E-state index contributed by atoms with van der Waals surface area (Å²) in [4.78, 5) is 20.9. The molecule has 0 radical (unpaired) electrons. The lowest BCUT2D eigenvalue weighted by molar-refractivity contribution is 0.190. The lowest BCUT2D eigenvalue weighted by Crippen LogP contribution is -2.54. The van der Waals surface area contributed by atoms with Gasteiger partial charge < -0.3 is 14.9 Å². The van der Waals surface area contributed by atoms with Crippen LogP contribution in [0.5, 0.6) is 0 Å². The first-order valence-corrected chi connectivity index (χ1v) is 10.6. The number of piperazine rings is 1. The van der Waals surface area contributed by atoms with Crippen molar-refractivity contribution in [3.63, 3.8) is 0 Å². The Morgan fingerprint density at radius 2 is 2.14 bits per heavy atom. The van der Waals surface area contributed by atoms with E-state index < -0.39 is 0 Å². The number of aliphatic hydroxyl groups excluding tert-OH is 1. The number of aromatic nitrogens is 3. The van der Waals surface area contributed by atoms with Gasteiger partial charge in [-0.1, -0.05) is 6.07 Å². The zero-order valence-electron chi connectivity index (χ0n) is 17.8. The van der Waals surface area contributed by atoms with E-state index in [0.29, 0.717) is 6.04 Å². The van der Waals surface area contributed by atoms with Gasteiger partial charge in [-0.25, -0.2) is 9.97 Å². The van der Waals surface area contributed by atoms with Gasteiger partial charge in [0.15, 0.2) is 0 Å². The van der Waals surface area contributed by atoms with Crippen LogP contribution in [0.4, 0.5) is 5.82 Å².